The molecule has 0 fully saturated rings. The number of primary amides is 2. The quantitative estimate of drug-likeness (QED) is 0.0898. The number of aliphatic carboxylic acids is 1. The Balaban J connectivity index is 1.63. The zero-order chi connectivity index (χ0) is 36.1. The van der Waals surface area contributed by atoms with Crippen LogP contribution in [0.4, 0.5) is 4.79 Å². The summed E-state index contributed by atoms with van der Waals surface area (Å²) in [6.07, 6.45) is -1.36. The highest BCUT2D eigenvalue weighted by Gasteiger charge is 2.32. The Bertz CT molecular complexity index is 1500. The molecule has 0 radical (unpaired) electrons. The lowest BCUT2D eigenvalue weighted by atomic mass is 9.98. The summed E-state index contributed by atoms with van der Waals surface area (Å²) in [4.78, 5) is 86.9. The molecule has 16 heteroatoms. The van der Waals surface area contributed by atoms with Gasteiger partial charge in [-0.05, 0) is 61.4 Å². The Hall–Kier alpha value is -5.51. The van der Waals surface area contributed by atoms with Gasteiger partial charge in [0.25, 0.3) is 0 Å². The van der Waals surface area contributed by atoms with Crippen molar-refractivity contribution in [3.05, 3.63) is 59.7 Å². The molecule has 0 unspecified atom stereocenters. The number of nitrogens with one attached hydrogen (secondary N) is 4. The van der Waals surface area contributed by atoms with Crippen LogP contribution in [0.1, 0.15) is 62.5 Å². The van der Waals surface area contributed by atoms with Gasteiger partial charge in [0, 0.05) is 12.3 Å². The molecule has 2 aromatic carbocycles. The third kappa shape index (κ3) is 11.0. The summed E-state index contributed by atoms with van der Waals surface area (Å²) in [5, 5.41) is 18.7. The topological polar surface area (TPSA) is 275 Å². The van der Waals surface area contributed by atoms with Crippen molar-refractivity contribution >= 4 is 41.6 Å². The van der Waals surface area contributed by atoms with Crippen LogP contribution in [0.3, 0.4) is 0 Å². The van der Waals surface area contributed by atoms with Gasteiger partial charge in [0.15, 0.2) is 0 Å². The van der Waals surface area contributed by atoms with E-state index in [1.807, 2.05) is 48.5 Å². The normalized spacial score (nSPS) is 14.2. The van der Waals surface area contributed by atoms with E-state index in [9.17, 15) is 38.7 Å². The number of hydrogen-bond acceptors (Lipinski definition) is 9. The van der Waals surface area contributed by atoms with Crippen LogP contribution in [0.2, 0.25) is 0 Å². The Morgan fingerprint density at radius 3 is 1.86 bits per heavy atom. The number of fused-ring (bicyclic) bond motifs is 3. The van der Waals surface area contributed by atoms with E-state index in [1.165, 1.54) is 6.92 Å². The van der Waals surface area contributed by atoms with Gasteiger partial charge >= 0.3 is 12.1 Å². The number of carbonyl (C=O) groups excluding carboxylic acids is 6. The standard InChI is InChI=1S/C33H43N7O9/c1-18(37-33(48)49-17-23-21-10-4-2-8-19(21)20-9-3-5-11-22(20)23)30(45)39-25(13-14-28(42)43)31(46)40-26(16-27(35)41)32(47)38-24(29(36)44)12-6-7-15-34/h2-5,8-11,18,23-26H,6-7,12-17,34H2,1H3,(H2,35,41)(H2,36,44)(H,37,48)(H,38,47)(H,39,45)(H,40,46)(H,42,43)/t18-,24-,25-,26-/m0/s1. The van der Waals surface area contributed by atoms with Gasteiger partial charge in [0.1, 0.15) is 30.8 Å². The van der Waals surface area contributed by atoms with Crippen LogP contribution in [0.25, 0.3) is 11.1 Å². The Labute approximate surface area is 282 Å². The number of benzene rings is 2. The smallest absolute Gasteiger partial charge is 0.407 e. The first-order valence-electron chi connectivity index (χ1n) is 15.8. The maximum absolute atomic E-state index is 13.2. The molecule has 0 saturated heterocycles. The van der Waals surface area contributed by atoms with Crippen molar-refractivity contribution in [3.63, 3.8) is 0 Å². The minimum Gasteiger partial charge on any atom is -0.481 e. The number of amides is 6. The summed E-state index contributed by atoms with van der Waals surface area (Å²) in [6, 6.07) is 10.1. The summed E-state index contributed by atoms with van der Waals surface area (Å²) in [5.41, 5.74) is 20.2. The molecule has 264 valence electrons. The van der Waals surface area contributed by atoms with E-state index in [2.05, 4.69) is 21.3 Å². The molecule has 49 heavy (non-hydrogen) atoms. The van der Waals surface area contributed by atoms with Crippen molar-refractivity contribution in [3.8, 4) is 11.1 Å². The number of rotatable bonds is 19. The first-order valence-corrected chi connectivity index (χ1v) is 15.8. The zero-order valence-corrected chi connectivity index (χ0v) is 27.1. The van der Waals surface area contributed by atoms with E-state index in [0.717, 1.165) is 22.3 Å². The average molecular weight is 682 g/mol. The molecular weight excluding hydrogens is 638 g/mol. The van der Waals surface area contributed by atoms with Gasteiger partial charge in [-0.3, -0.25) is 28.8 Å². The van der Waals surface area contributed by atoms with Crippen molar-refractivity contribution in [2.75, 3.05) is 13.2 Å². The highest BCUT2D eigenvalue weighted by Crippen LogP contribution is 2.44. The Morgan fingerprint density at radius 2 is 1.31 bits per heavy atom. The summed E-state index contributed by atoms with van der Waals surface area (Å²) < 4.78 is 5.47. The molecular formula is C33H43N7O9. The lowest BCUT2D eigenvalue weighted by molar-refractivity contribution is -0.138. The third-order valence-corrected chi connectivity index (χ3v) is 8.00. The predicted octanol–water partition coefficient (Wildman–Crippen LogP) is -0.277. The molecule has 6 amide bonds. The van der Waals surface area contributed by atoms with Gasteiger partial charge in [0.05, 0.1) is 6.42 Å². The lowest BCUT2D eigenvalue weighted by Gasteiger charge is -2.25. The van der Waals surface area contributed by atoms with Gasteiger partial charge in [-0.25, -0.2) is 4.79 Å². The van der Waals surface area contributed by atoms with E-state index < -0.39 is 85.0 Å². The third-order valence-electron chi connectivity index (χ3n) is 8.00. The average Bonchev–Trinajstić information content (AvgIpc) is 3.37. The predicted molar refractivity (Wildman–Crippen MR) is 176 cm³/mol. The highest BCUT2D eigenvalue weighted by atomic mass is 16.5. The van der Waals surface area contributed by atoms with Crippen LogP contribution in [-0.2, 0) is 33.5 Å². The number of carboxylic acid groups (broad SMARTS) is 1. The number of nitrogens with two attached hydrogens (primary N) is 3. The maximum atomic E-state index is 13.2. The second-order valence-corrected chi connectivity index (χ2v) is 11.7. The molecule has 3 rings (SSSR count). The second kappa shape index (κ2) is 18.1. The van der Waals surface area contributed by atoms with Crippen molar-refractivity contribution in [1.29, 1.82) is 0 Å². The van der Waals surface area contributed by atoms with Crippen LogP contribution < -0.4 is 38.5 Å². The minimum absolute atomic E-state index is 0.00914. The van der Waals surface area contributed by atoms with Crippen molar-refractivity contribution < 1.29 is 43.4 Å². The maximum Gasteiger partial charge on any atom is 0.407 e. The van der Waals surface area contributed by atoms with Gasteiger partial charge in [0.2, 0.25) is 29.5 Å². The van der Waals surface area contributed by atoms with Crippen LogP contribution in [0.15, 0.2) is 48.5 Å². The Morgan fingerprint density at radius 1 is 0.755 bits per heavy atom. The van der Waals surface area contributed by atoms with E-state index in [1.54, 1.807) is 0 Å². The SMILES string of the molecule is C[C@H](NC(=O)OCC1c2ccccc2-c2ccccc21)C(=O)N[C@@H](CCC(=O)O)C(=O)N[C@@H](CC(N)=O)C(=O)N[C@@H](CCCCN)C(N)=O. The van der Waals surface area contributed by atoms with Crippen LogP contribution >= 0.6 is 0 Å². The second-order valence-electron chi connectivity index (χ2n) is 11.7. The van der Waals surface area contributed by atoms with Gasteiger partial charge in [-0.1, -0.05) is 48.5 Å². The summed E-state index contributed by atoms with van der Waals surface area (Å²) in [7, 11) is 0. The van der Waals surface area contributed by atoms with Crippen LogP contribution in [-0.4, -0.2) is 84.0 Å². The molecule has 0 heterocycles. The number of ether oxygens (including phenoxy) is 1. The summed E-state index contributed by atoms with van der Waals surface area (Å²) in [5.74, 6) is -6.12. The molecule has 0 bridgehead atoms. The first-order chi connectivity index (χ1) is 23.3. The molecule has 1 aliphatic rings. The summed E-state index contributed by atoms with van der Waals surface area (Å²) in [6.45, 7) is 1.68. The van der Waals surface area contributed by atoms with Crippen LogP contribution in [0, 0.1) is 0 Å². The first kappa shape index (κ1) is 37.9. The molecule has 0 aliphatic heterocycles. The van der Waals surface area contributed by atoms with E-state index in [4.69, 9.17) is 21.9 Å². The van der Waals surface area contributed by atoms with Crippen molar-refractivity contribution in [2.45, 2.75) is 75.5 Å². The molecule has 2 aromatic rings. The van der Waals surface area contributed by atoms with E-state index in [0.29, 0.717) is 19.4 Å². The molecule has 4 atom stereocenters. The van der Waals surface area contributed by atoms with E-state index >= 15 is 0 Å². The number of unbranched alkanes of at least 4 members (excludes halogenated alkanes) is 1. The molecule has 0 aromatic heterocycles. The Kier molecular flexibility index (Phi) is 14.1. The molecule has 0 saturated carbocycles. The number of hydrogen-bond donors (Lipinski definition) is 8. The number of carbonyl (C=O) groups is 7. The van der Waals surface area contributed by atoms with Gasteiger partial charge < -0.3 is 48.3 Å². The fourth-order valence-corrected chi connectivity index (χ4v) is 5.45. The minimum atomic E-state index is -1.58. The highest BCUT2D eigenvalue weighted by molar-refractivity contribution is 5.97. The van der Waals surface area contributed by atoms with Crippen LogP contribution in [0.5, 0.6) is 0 Å². The zero-order valence-electron chi connectivity index (χ0n) is 27.1. The molecule has 11 N–H and O–H groups in total. The van der Waals surface area contributed by atoms with E-state index in [-0.39, 0.29) is 18.9 Å². The largest absolute Gasteiger partial charge is 0.481 e. The fourth-order valence-electron chi connectivity index (χ4n) is 5.45. The molecule has 1 aliphatic carbocycles. The monoisotopic (exact) mass is 681 g/mol. The fraction of sp³-hybridized carbons (Fsp3) is 0.424. The van der Waals surface area contributed by atoms with Gasteiger partial charge in [-0.15, -0.1) is 0 Å². The molecule has 0 spiro atoms. The number of carboxylic acids is 1. The van der Waals surface area contributed by atoms with Gasteiger partial charge in [-0.2, -0.15) is 0 Å². The number of alkyl carbamates (subject to hydrolysis) is 1. The van der Waals surface area contributed by atoms with Crippen molar-refractivity contribution in [1.82, 2.24) is 21.3 Å². The summed E-state index contributed by atoms with van der Waals surface area (Å²) >= 11 is 0. The van der Waals surface area contributed by atoms with Crippen molar-refractivity contribution in [2.24, 2.45) is 17.2 Å². The lowest BCUT2D eigenvalue weighted by Crippen LogP contribution is -2.58. The molecule has 16 nitrogen and oxygen atoms in total.